The number of rotatable bonds is 5. The van der Waals surface area contributed by atoms with Gasteiger partial charge in [0.05, 0.1) is 4.92 Å². The molecule has 0 bridgehead atoms. The summed E-state index contributed by atoms with van der Waals surface area (Å²) in [6.45, 7) is 7.88. The smallest absolute Gasteiger partial charge is 0.293 e. The Morgan fingerprint density at radius 2 is 2.00 bits per heavy atom. The SMILES string of the molecule is CC(C)c1ccccc1NC(=O)c1ccc(N2CCC[C@H](C)C2)c([N+](=O)[O-])c1. The van der Waals surface area contributed by atoms with Crippen molar-refractivity contribution in [2.75, 3.05) is 23.3 Å². The van der Waals surface area contributed by atoms with Crippen molar-refractivity contribution in [3.63, 3.8) is 0 Å². The summed E-state index contributed by atoms with van der Waals surface area (Å²) < 4.78 is 0. The molecular weight excluding hydrogens is 354 g/mol. The van der Waals surface area contributed by atoms with E-state index in [9.17, 15) is 14.9 Å². The molecule has 0 unspecified atom stereocenters. The van der Waals surface area contributed by atoms with Crippen molar-refractivity contribution < 1.29 is 9.72 Å². The van der Waals surface area contributed by atoms with Crippen molar-refractivity contribution in [1.82, 2.24) is 0 Å². The van der Waals surface area contributed by atoms with Crippen LogP contribution in [0, 0.1) is 16.0 Å². The number of hydrogen-bond acceptors (Lipinski definition) is 4. The van der Waals surface area contributed by atoms with Gasteiger partial charge in [-0.1, -0.05) is 39.0 Å². The van der Waals surface area contributed by atoms with Gasteiger partial charge in [0.15, 0.2) is 0 Å². The molecule has 2 aromatic carbocycles. The monoisotopic (exact) mass is 381 g/mol. The number of anilines is 2. The largest absolute Gasteiger partial charge is 0.366 e. The molecule has 1 fully saturated rings. The molecule has 0 aliphatic carbocycles. The first kappa shape index (κ1) is 19.9. The summed E-state index contributed by atoms with van der Waals surface area (Å²) in [5, 5.41) is 14.6. The number of carbonyl (C=O) groups is 1. The molecule has 0 spiro atoms. The van der Waals surface area contributed by atoms with E-state index in [4.69, 9.17) is 0 Å². The zero-order valence-corrected chi connectivity index (χ0v) is 16.6. The summed E-state index contributed by atoms with van der Waals surface area (Å²) in [5.74, 6) is 0.424. The molecule has 3 rings (SSSR count). The number of carbonyl (C=O) groups excluding carboxylic acids is 1. The molecule has 1 aliphatic rings. The Bertz CT molecular complexity index is 879. The molecule has 148 valence electrons. The van der Waals surface area contributed by atoms with Crippen molar-refractivity contribution in [3.05, 3.63) is 63.7 Å². The van der Waals surface area contributed by atoms with Gasteiger partial charge in [-0.05, 0) is 48.4 Å². The number of piperidine rings is 1. The molecule has 1 heterocycles. The minimum atomic E-state index is -0.395. The molecule has 1 saturated heterocycles. The second-order valence-corrected chi connectivity index (χ2v) is 7.85. The molecular formula is C22H27N3O3. The number of nitro benzene ring substituents is 1. The van der Waals surface area contributed by atoms with E-state index in [0.717, 1.165) is 37.2 Å². The average Bonchev–Trinajstić information content (AvgIpc) is 2.67. The number of para-hydroxylation sites is 1. The van der Waals surface area contributed by atoms with Crippen LogP contribution in [0.2, 0.25) is 0 Å². The summed E-state index contributed by atoms with van der Waals surface area (Å²) >= 11 is 0. The minimum absolute atomic E-state index is 0.0149. The summed E-state index contributed by atoms with van der Waals surface area (Å²) in [6.07, 6.45) is 2.16. The second kappa shape index (κ2) is 8.42. The van der Waals surface area contributed by atoms with E-state index in [0.29, 0.717) is 17.2 Å². The fraction of sp³-hybridized carbons (Fsp3) is 0.409. The van der Waals surface area contributed by atoms with Crippen molar-refractivity contribution in [3.8, 4) is 0 Å². The third-order valence-corrected chi connectivity index (χ3v) is 5.26. The highest BCUT2D eigenvalue weighted by atomic mass is 16.6. The van der Waals surface area contributed by atoms with E-state index < -0.39 is 4.92 Å². The fourth-order valence-electron chi connectivity index (χ4n) is 3.80. The van der Waals surface area contributed by atoms with Crippen LogP contribution in [0.1, 0.15) is 55.5 Å². The van der Waals surface area contributed by atoms with Gasteiger partial charge in [-0.2, -0.15) is 0 Å². The molecule has 0 saturated carbocycles. The Morgan fingerprint density at radius 1 is 1.25 bits per heavy atom. The van der Waals surface area contributed by atoms with E-state index in [-0.39, 0.29) is 17.5 Å². The Balaban J connectivity index is 1.88. The number of hydrogen-bond donors (Lipinski definition) is 1. The van der Waals surface area contributed by atoms with E-state index in [1.165, 1.54) is 6.07 Å². The molecule has 28 heavy (non-hydrogen) atoms. The van der Waals surface area contributed by atoms with Gasteiger partial charge in [0, 0.05) is 30.4 Å². The predicted octanol–water partition coefficient (Wildman–Crippen LogP) is 5.21. The molecule has 1 aliphatic heterocycles. The molecule has 0 aromatic heterocycles. The van der Waals surface area contributed by atoms with Gasteiger partial charge >= 0.3 is 0 Å². The lowest BCUT2D eigenvalue weighted by atomic mass is 9.99. The zero-order valence-electron chi connectivity index (χ0n) is 16.6. The van der Waals surface area contributed by atoms with Crippen LogP contribution in [0.5, 0.6) is 0 Å². The van der Waals surface area contributed by atoms with E-state index >= 15 is 0 Å². The highest BCUT2D eigenvalue weighted by Crippen LogP contribution is 2.33. The van der Waals surface area contributed by atoms with Gasteiger partial charge in [-0.25, -0.2) is 0 Å². The summed E-state index contributed by atoms with van der Waals surface area (Å²) in [7, 11) is 0. The first-order valence-electron chi connectivity index (χ1n) is 9.80. The summed E-state index contributed by atoms with van der Waals surface area (Å²) in [6, 6.07) is 12.4. The maximum atomic E-state index is 12.8. The summed E-state index contributed by atoms with van der Waals surface area (Å²) in [5.41, 5.74) is 2.64. The van der Waals surface area contributed by atoms with Gasteiger partial charge < -0.3 is 10.2 Å². The van der Waals surface area contributed by atoms with Crippen molar-refractivity contribution in [1.29, 1.82) is 0 Å². The Kier molecular flexibility index (Phi) is 5.97. The molecule has 2 aromatic rings. The van der Waals surface area contributed by atoms with Gasteiger partial charge in [-0.15, -0.1) is 0 Å². The van der Waals surface area contributed by atoms with Gasteiger partial charge in [-0.3, -0.25) is 14.9 Å². The van der Waals surface area contributed by atoms with Gasteiger partial charge in [0.2, 0.25) is 0 Å². The number of nitrogens with zero attached hydrogens (tertiary/aromatic N) is 2. The van der Waals surface area contributed by atoms with Crippen LogP contribution < -0.4 is 10.2 Å². The van der Waals surface area contributed by atoms with E-state index in [2.05, 4.69) is 31.0 Å². The number of nitrogens with one attached hydrogen (secondary N) is 1. The van der Waals surface area contributed by atoms with Crippen LogP contribution in [0.4, 0.5) is 17.1 Å². The lowest BCUT2D eigenvalue weighted by Crippen LogP contribution is -2.34. The highest BCUT2D eigenvalue weighted by Gasteiger charge is 2.25. The normalized spacial score (nSPS) is 16.9. The van der Waals surface area contributed by atoms with Crippen LogP contribution in [-0.4, -0.2) is 23.9 Å². The zero-order chi connectivity index (χ0) is 20.3. The number of nitro groups is 1. The van der Waals surface area contributed by atoms with Crippen molar-refractivity contribution >= 4 is 23.0 Å². The fourth-order valence-corrected chi connectivity index (χ4v) is 3.80. The molecule has 6 heteroatoms. The first-order chi connectivity index (χ1) is 13.4. The van der Waals surface area contributed by atoms with Crippen LogP contribution in [0.25, 0.3) is 0 Å². The number of amides is 1. The maximum absolute atomic E-state index is 12.8. The van der Waals surface area contributed by atoms with Crippen LogP contribution >= 0.6 is 0 Å². The number of benzene rings is 2. The average molecular weight is 381 g/mol. The van der Waals surface area contributed by atoms with E-state index in [1.54, 1.807) is 12.1 Å². The topological polar surface area (TPSA) is 75.5 Å². The van der Waals surface area contributed by atoms with Gasteiger partial charge in [0.1, 0.15) is 5.69 Å². The lowest BCUT2D eigenvalue weighted by Gasteiger charge is -2.32. The first-order valence-corrected chi connectivity index (χ1v) is 9.80. The van der Waals surface area contributed by atoms with Crippen molar-refractivity contribution in [2.24, 2.45) is 5.92 Å². The third-order valence-electron chi connectivity index (χ3n) is 5.26. The van der Waals surface area contributed by atoms with Crippen molar-refractivity contribution in [2.45, 2.75) is 39.5 Å². The molecule has 1 atom stereocenters. The third kappa shape index (κ3) is 4.32. The standard InChI is InChI=1S/C22H27N3O3/c1-15(2)18-8-4-5-9-19(18)23-22(26)17-10-11-20(21(13-17)25(27)28)24-12-6-7-16(3)14-24/h4-5,8-11,13,15-16H,6-7,12,14H2,1-3H3,(H,23,26)/t16-/m0/s1. The van der Waals surface area contributed by atoms with E-state index in [1.807, 2.05) is 24.3 Å². The molecule has 0 radical (unpaired) electrons. The van der Waals surface area contributed by atoms with Crippen LogP contribution in [-0.2, 0) is 0 Å². The maximum Gasteiger partial charge on any atom is 0.293 e. The minimum Gasteiger partial charge on any atom is -0.366 e. The lowest BCUT2D eigenvalue weighted by molar-refractivity contribution is -0.384. The molecule has 1 amide bonds. The quantitative estimate of drug-likeness (QED) is 0.570. The second-order valence-electron chi connectivity index (χ2n) is 7.85. The molecule has 6 nitrogen and oxygen atoms in total. The highest BCUT2D eigenvalue weighted by molar-refractivity contribution is 6.05. The molecule has 1 N–H and O–H groups in total. The Morgan fingerprint density at radius 3 is 2.68 bits per heavy atom. The Hall–Kier alpha value is -2.89. The van der Waals surface area contributed by atoms with Crippen LogP contribution in [0.3, 0.4) is 0 Å². The summed E-state index contributed by atoms with van der Waals surface area (Å²) in [4.78, 5) is 26.1. The van der Waals surface area contributed by atoms with Gasteiger partial charge in [0.25, 0.3) is 11.6 Å². The Labute approximate surface area is 165 Å². The predicted molar refractivity (Wildman–Crippen MR) is 112 cm³/mol. The van der Waals surface area contributed by atoms with Crippen LogP contribution in [0.15, 0.2) is 42.5 Å².